The number of fused-ring (bicyclic) bond motifs is 1. The highest BCUT2D eigenvalue weighted by Crippen LogP contribution is 2.36. The molecule has 0 amide bonds. The number of halogens is 1. The minimum absolute atomic E-state index is 0.106. The molecule has 3 aromatic rings. The summed E-state index contributed by atoms with van der Waals surface area (Å²) >= 11 is 0. The minimum atomic E-state index is -1.70. The third kappa shape index (κ3) is 1.96. The quantitative estimate of drug-likeness (QED) is 0.789. The Balaban J connectivity index is 2.27. The second-order valence-corrected chi connectivity index (χ2v) is 4.77. The van der Waals surface area contributed by atoms with Crippen LogP contribution in [0.5, 0.6) is 0 Å². The van der Waals surface area contributed by atoms with Crippen molar-refractivity contribution in [2.24, 2.45) is 5.73 Å². The average molecular weight is 266 g/mol. The molecule has 3 heteroatoms. The molecule has 0 spiro atoms. The molecule has 20 heavy (non-hydrogen) atoms. The van der Waals surface area contributed by atoms with E-state index in [9.17, 15) is 0 Å². The number of nitrogens with two attached hydrogens (primary N) is 1. The Labute approximate surface area is 117 Å². The largest absolute Gasteiger partial charge is 0.327 e. The van der Waals surface area contributed by atoms with Gasteiger partial charge in [-0.05, 0) is 17.0 Å². The topological polar surface area (TPSA) is 38.9 Å². The lowest BCUT2D eigenvalue weighted by Gasteiger charge is -2.26. The number of benzene rings is 2. The normalized spacial score (nSPS) is 14.1. The van der Waals surface area contributed by atoms with Crippen molar-refractivity contribution in [1.82, 2.24) is 4.98 Å². The van der Waals surface area contributed by atoms with Crippen LogP contribution in [0.1, 0.15) is 11.1 Å². The summed E-state index contributed by atoms with van der Waals surface area (Å²) in [7, 11) is 0. The molecule has 0 aliphatic rings. The van der Waals surface area contributed by atoms with Crippen molar-refractivity contribution in [3.63, 3.8) is 0 Å². The van der Waals surface area contributed by atoms with Gasteiger partial charge in [-0.25, -0.2) is 4.39 Å². The van der Waals surface area contributed by atoms with Gasteiger partial charge in [0.05, 0.1) is 0 Å². The Morgan fingerprint density at radius 1 is 1.00 bits per heavy atom. The first-order chi connectivity index (χ1) is 9.75. The lowest BCUT2D eigenvalue weighted by Crippen LogP contribution is -2.31. The first-order valence-electron chi connectivity index (χ1n) is 6.53. The molecular weight excluding hydrogens is 251 g/mol. The Morgan fingerprint density at radius 2 is 1.80 bits per heavy atom. The molecule has 1 atom stereocenters. The van der Waals surface area contributed by atoms with Crippen molar-refractivity contribution < 1.29 is 4.39 Å². The van der Waals surface area contributed by atoms with E-state index in [0.29, 0.717) is 11.1 Å². The molecular formula is C17H15FN2. The molecule has 0 aliphatic heterocycles. The highest BCUT2D eigenvalue weighted by atomic mass is 19.1. The predicted molar refractivity (Wildman–Crippen MR) is 79.1 cm³/mol. The summed E-state index contributed by atoms with van der Waals surface area (Å²) in [6.45, 7) is -0.106. The molecule has 3 rings (SSSR count). The fraction of sp³-hybridized carbons (Fsp3) is 0.118. The number of alkyl halides is 1. The maximum absolute atomic E-state index is 15.6. The molecule has 0 aliphatic carbocycles. The lowest BCUT2D eigenvalue weighted by molar-refractivity contribution is 0.235. The molecule has 0 radical (unpaired) electrons. The van der Waals surface area contributed by atoms with E-state index >= 15 is 4.39 Å². The van der Waals surface area contributed by atoms with E-state index in [1.54, 1.807) is 30.6 Å². The molecule has 0 fully saturated rings. The predicted octanol–water partition coefficient (Wildman–Crippen LogP) is 3.41. The second-order valence-electron chi connectivity index (χ2n) is 4.77. The molecule has 2 aromatic carbocycles. The van der Waals surface area contributed by atoms with E-state index in [1.807, 2.05) is 36.4 Å². The fourth-order valence-electron chi connectivity index (χ4n) is 2.54. The zero-order valence-electron chi connectivity index (χ0n) is 11.0. The molecule has 1 aromatic heterocycles. The van der Waals surface area contributed by atoms with Gasteiger partial charge in [0.25, 0.3) is 0 Å². The number of rotatable bonds is 3. The summed E-state index contributed by atoms with van der Waals surface area (Å²) in [5.74, 6) is 0. The van der Waals surface area contributed by atoms with E-state index in [-0.39, 0.29) is 6.54 Å². The fourth-order valence-corrected chi connectivity index (χ4v) is 2.54. The average Bonchev–Trinajstić information content (AvgIpc) is 2.54. The maximum atomic E-state index is 15.6. The summed E-state index contributed by atoms with van der Waals surface area (Å²) < 4.78 is 15.6. The minimum Gasteiger partial charge on any atom is -0.327 e. The molecule has 1 unspecified atom stereocenters. The Hall–Kier alpha value is -2.26. The van der Waals surface area contributed by atoms with Crippen molar-refractivity contribution in [2.75, 3.05) is 6.54 Å². The SMILES string of the molecule is NCC(F)(c1ccccc1)c1cccc2ccncc12. The number of hydrogen-bond acceptors (Lipinski definition) is 2. The highest BCUT2D eigenvalue weighted by molar-refractivity contribution is 5.86. The van der Waals surface area contributed by atoms with Crippen LogP contribution in [0.4, 0.5) is 4.39 Å². The number of aromatic nitrogens is 1. The maximum Gasteiger partial charge on any atom is 0.173 e. The van der Waals surface area contributed by atoms with Crippen LogP contribution in [0, 0.1) is 0 Å². The van der Waals surface area contributed by atoms with Gasteiger partial charge in [-0.2, -0.15) is 0 Å². The van der Waals surface area contributed by atoms with Crippen LogP contribution in [0.25, 0.3) is 10.8 Å². The van der Waals surface area contributed by atoms with Gasteiger partial charge in [0, 0.05) is 29.9 Å². The van der Waals surface area contributed by atoms with Gasteiger partial charge in [0.1, 0.15) is 0 Å². The van der Waals surface area contributed by atoms with Crippen LogP contribution in [-0.2, 0) is 5.67 Å². The van der Waals surface area contributed by atoms with E-state index < -0.39 is 5.67 Å². The van der Waals surface area contributed by atoms with E-state index in [4.69, 9.17) is 5.73 Å². The van der Waals surface area contributed by atoms with Crippen LogP contribution in [0.2, 0.25) is 0 Å². The summed E-state index contributed by atoms with van der Waals surface area (Å²) in [6.07, 6.45) is 3.40. The van der Waals surface area contributed by atoms with E-state index in [1.165, 1.54) is 0 Å². The highest BCUT2D eigenvalue weighted by Gasteiger charge is 2.34. The molecule has 2 nitrogen and oxygen atoms in total. The number of pyridine rings is 1. The van der Waals surface area contributed by atoms with Crippen LogP contribution < -0.4 is 5.73 Å². The summed E-state index contributed by atoms with van der Waals surface area (Å²) in [5.41, 5.74) is 5.20. The monoisotopic (exact) mass is 266 g/mol. The van der Waals surface area contributed by atoms with Gasteiger partial charge in [-0.3, -0.25) is 4.98 Å². The lowest BCUT2D eigenvalue weighted by atomic mass is 9.85. The van der Waals surface area contributed by atoms with Crippen molar-refractivity contribution in [3.8, 4) is 0 Å². The van der Waals surface area contributed by atoms with Crippen molar-refractivity contribution in [3.05, 3.63) is 78.1 Å². The van der Waals surface area contributed by atoms with Gasteiger partial charge in [-0.15, -0.1) is 0 Å². The van der Waals surface area contributed by atoms with E-state index in [2.05, 4.69) is 4.98 Å². The Kier molecular flexibility index (Phi) is 3.20. The smallest absolute Gasteiger partial charge is 0.173 e. The molecule has 0 saturated carbocycles. The first-order valence-corrected chi connectivity index (χ1v) is 6.53. The van der Waals surface area contributed by atoms with Crippen LogP contribution in [0.3, 0.4) is 0 Å². The zero-order chi connectivity index (χ0) is 14.0. The molecule has 1 heterocycles. The van der Waals surface area contributed by atoms with Crippen molar-refractivity contribution >= 4 is 10.8 Å². The standard InChI is InChI=1S/C17H15FN2/c18-17(12-19,14-6-2-1-3-7-14)16-8-4-5-13-9-10-20-11-15(13)16/h1-11H,12,19H2. The summed E-state index contributed by atoms with van der Waals surface area (Å²) in [5, 5.41) is 1.76. The third-order valence-electron chi connectivity index (χ3n) is 3.62. The third-order valence-corrected chi connectivity index (χ3v) is 3.62. The number of nitrogens with zero attached hydrogens (tertiary/aromatic N) is 1. The van der Waals surface area contributed by atoms with Crippen molar-refractivity contribution in [1.29, 1.82) is 0 Å². The zero-order valence-corrected chi connectivity index (χ0v) is 11.0. The molecule has 100 valence electrons. The van der Waals surface area contributed by atoms with Gasteiger partial charge >= 0.3 is 0 Å². The molecule has 0 bridgehead atoms. The van der Waals surface area contributed by atoms with E-state index in [0.717, 1.165) is 10.8 Å². The van der Waals surface area contributed by atoms with Gasteiger partial charge in [0.15, 0.2) is 5.67 Å². The first kappa shape index (κ1) is 12.8. The van der Waals surface area contributed by atoms with Crippen molar-refractivity contribution in [2.45, 2.75) is 5.67 Å². The summed E-state index contributed by atoms with van der Waals surface area (Å²) in [4.78, 5) is 4.11. The van der Waals surface area contributed by atoms with Gasteiger partial charge in [-0.1, -0.05) is 48.5 Å². The summed E-state index contributed by atoms with van der Waals surface area (Å²) in [6, 6.07) is 16.5. The molecule has 2 N–H and O–H groups in total. The Morgan fingerprint density at radius 3 is 2.55 bits per heavy atom. The van der Waals surface area contributed by atoms with Gasteiger partial charge < -0.3 is 5.73 Å². The second kappa shape index (κ2) is 5.02. The van der Waals surface area contributed by atoms with Gasteiger partial charge in [0.2, 0.25) is 0 Å². The van der Waals surface area contributed by atoms with Crippen LogP contribution in [-0.4, -0.2) is 11.5 Å². The molecule has 0 saturated heterocycles. The van der Waals surface area contributed by atoms with Crippen LogP contribution in [0.15, 0.2) is 67.0 Å². The Bertz CT molecular complexity index is 722. The number of hydrogen-bond donors (Lipinski definition) is 1. The van der Waals surface area contributed by atoms with Crippen LogP contribution >= 0.6 is 0 Å².